The summed E-state index contributed by atoms with van der Waals surface area (Å²) < 4.78 is 19.8. The van der Waals surface area contributed by atoms with Gasteiger partial charge in [-0.25, -0.2) is 9.07 Å². The maximum Gasteiger partial charge on any atom is 0.255 e. The molecule has 0 bridgehead atoms. The van der Waals surface area contributed by atoms with E-state index in [1.54, 1.807) is 30.1 Å². The average molecular weight is 339 g/mol. The van der Waals surface area contributed by atoms with E-state index >= 15 is 0 Å². The maximum absolute atomic E-state index is 12.9. The van der Waals surface area contributed by atoms with Gasteiger partial charge in [0.1, 0.15) is 11.6 Å². The Bertz CT molecular complexity index is 871. The van der Waals surface area contributed by atoms with Crippen molar-refractivity contribution in [3.63, 3.8) is 0 Å². The molecule has 3 rings (SSSR count). The summed E-state index contributed by atoms with van der Waals surface area (Å²) in [5, 5.41) is 7.12. The number of hydrogen-bond donors (Lipinski definition) is 1. The molecule has 0 aliphatic rings. The van der Waals surface area contributed by atoms with E-state index in [0.717, 1.165) is 22.7 Å². The number of nitrogens with zero attached hydrogens (tertiary/aromatic N) is 2. The number of amides is 1. The van der Waals surface area contributed by atoms with Gasteiger partial charge in [0.15, 0.2) is 0 Å². The third-order valence-electron chi connectivity index (χ3n) is 3.94. The first kappa shape index (κ1) is 16.7. The number of benzene rings is 2. The summed E-state index contributed by atoms with van der Waals surface area (Å²) in [5.74, 6) is 0.235. The Morgan fingerprint density at radius 3 is 2.48 bits per heavy atom. The fourth-order valence-corrected chi connectivity index (χ4v) is 2.50. The van der Waals surface area contributed by atoms with E-state index < -0.39 is 0 Å². The van der Waals surface area contributed by atoms with Crippen LogP contribution in [-0.4, -0.2) is 22.8 Å². The highest BCUT2D eigenvalue weighted by Gasteiger charge is 2.15. The molecule has 0 aliphatic heterocycles. The van der Waals surface area contributed by atoms with Crippen LogP contribution in [0, 0.1) is 12.7 Å². The van der Waals surface area contributed by atoms with Gasteiger partial charge in [0.25, 0.3) is 5.91 Å². The van der Waals surface area contributed by atoms with Crippen LogP contribution in [0.25, 0.3) is 5.69 Å². The summed E-state index contributed by atoms with van der Waals surface area (Å²) in [6, 6.07) is 13.4. The summed E-state index contributed by atoms with van der Waals surface area (Å²) in [7, 11) is 1.61. The molecule has 6 heteroatoms. The third kappa shape index (κ3) is 3.68. The monoisotopic (exact) mass is 339 g/mol. The second kappa shape index (κ2) is 7.17. The van der Waals surface area contributed by atoms with Crippen molar-refractivity contribution in [2.75, 3.05) is 7.11 Å². The van der Waals surface area contributed by atoms with Crippen molar-refractivity contribution in [1.82, 2.24) is 15.1 Å². The second-order valence-corrected chi connectivity index (χ2v) is 5.56. The summed E-state index contributed by atoms with van der Waals surface area (Å²) in [6.45, 7) is 2.16. The van der Waals surface area contributed by atoms with E-state index in [4.69, 9.17) is 4.74 Å². The Hall–Kier alpha value is -3.15. The fourth-order valence-electron chi connectivity index (χ4n) is 2.50. The van der Waals surface area contributed by atoms with Crippen molar-refractivity contribution in [1.29, 1.82) is 0 Å². The zero-order valence-corrected chi connectivity index (χ0v) is 14.0. The third-order valence-corrected chi connectivity index (χ3v) is 3.94. The van der Waals surface area contributed by atoms with Crippen molar-refractivity contribution in [2.24, 2.45) is 0 Å². The number of rotatable bonds is 5. The smallest absolute Gasteiger partial charge is 0.255 e. The number of methoxy groups -OCH3 is 1. The van der Waals surface area contributed by atoms with E-state index in [9.17, 15) is 9.18 Å². The van der Waals surface area contributed by atoms with Crippen LogP contribution in [-0.2, 0) is 6.54 Å². The molecule has 0 spiro atoms. The summed E-state index contributed by atoms with van der Waals surface area (Å²) in [4.78, 5) is 12.4. The SMILES string of the molecule is COc1ccc(-n2ncc(C(=O)NCc3ccc(F)cc3)c2C)cc1. The predicted molar refractivity (Wildman–Crippen MR) is 92.4 cm³/mol. The number of hydrogen-bond acceptors (Lipinski definition) is 3. The number of carbonyl (C=O) groups excluding carboxylic acids is 1. The minimum absolute atomic E-state index is 0.221. The molecule has 1 aromatic heterocycles. The summed E-state index contributed by atoms with van der Waals surface area (Å²) in [5.41, 5.74) is 2.91. The second-order valence-electron chi connectivity index (χ2n) is 5.56. The van der Waals surface area contributed by atoms with Gasteiger partial charge in [-0.2, -0.15) is 5.10 Å². The van der Waals surface area contributed by atoms with E-state index in [0.29, 0.717) is 12.1 Å². The van der Waals surface area contributed by atoms with Crippen molar-refractivity contribution < 1.29 is 13.9 Å². The Morgan fingerprint density at radius 1 is 1.16 bits per heavy atom. The average Bonchev–Trinajstić information content (AvgIpc) is 3.02. The Labute approximate surface area is 145 Å². The van der Waals surface area contributed by atoms with Crippen LogP contribution in [0.4, 0.5) is 4.39 Å². The lowest BCUT2D eigenvalue weighted by atomic mass is 10.2. The lowest BCUT2D eigenvalue weighted by Gasteiger charge is -2.07. The minimum atomic E-state index is -0.299. The number of nitrogens with one attached hydrogen (secondary N) is 1. The molecule has 3 aromatic rings. The van der Waals surface area contributed by atoms with Gasteiger partial charge in [0.05, 0.1) is 30.3 Å². The first-order valence-electron chi connectivity index (χ1n) is 7.80. The molecule has 2 aromatic carbocycles. The van der Waals surface area contributed by atoms with Crippen molar-refractivity contribution >= 4 is 5.91 Å². The van der Waals surface area contributed by atoms with Crippen LogP contribution in [0.3, 0.4) is 0 Å². The van der Waals surface area contributed by atoms with Crippen molar-refractivity contribution in [3.8, 4) is 11.4 Å². The van der Waals surface area contributed by atoms with Crippen LogP contribution in [0.1, 0.15) is 21.6 Å². The quantitative estimate of drug-likeness (QED) is 0.776. The summed E-state index contributed by atoms with van der Waals surface area (Å²) >= 11 is 0. The molecule has 128 valence electrons. The van der Waals surface area contributed by atoms with E-state index in [1.807, 2.05) is 31.2 Å². The molecule has 1 N–H and O–H groups in total. The highest BCUT2D eigenvalue weighted by atomic mass is 19.1. The van der Waals surface area contributed by atoms with E-state index in [-0.39, 0.29) is 11.7 Å². The molecular formula is C19H18FN3O2. The standard InChI is InChI=1S/C19H18FN3O2/c1-13-18(19(24)21-11-14-3-5-15(20)6-4-14)12-22-23(13)16-7-9-17(25-2)10-8-16/h3-10,12H,11H2,1-2H3,(H,21,24). The molecule has 0 radical (unpaired) electrons. The number of ether oxygens (including phenoxy) is 1. The highest BCUT2D eigenvalue weighted by molar-refractivity contribution is 5.95. The van der Waals surface area contributed by atoms with Gasteiger partial charge >= 0.3 is 0 Å². The molecule has 25 heavy (non-hydrogen) atoms. The van der Waals surface area contributed by atoms with E-state index in [2.05, 4.69) is 10.4 Å². The van der Waals surface area contributed by atoms with Gasteiger partial charge in [0.2, 0.25) is 0 Å². The zero-order valence-electron chi connectivity index (χ0n) is 14.0. The topological polar surface area (TPSA) is 56.2 Å². The molecule has 0 unspecified atom stereocenters. The lowest BCUT2D eigenvalue weighted by molar-refractivity contribution is 0.0950. The molecule has 5 nitrogen and oxygen atoms in total. The van der Waals surface area contributed by atoms with Crippen LogP contribution in [0.2, 0.25) is 0 Å². The van der Waals surface area contributed by atoms with Crippen molar-refractivity contribution in [3.05, 3.63) is 77.4 Å². The Balaban J connectivity index is 1.73. The maximum atomic E-state index is 12.9. The highest BCUT2D eigenvalue weighted by Crippen LogP contribution is 2.18. The molecular weight excluding hydrogens is 321 g/mol. The first-order valence-corrected chi connectivity index (χ1v) is 7.80. The molecule has 1 amide bonds. The van der Waals surface area contributed by atoms with Crippen LogP contribution in [0.5, 0.6) is 5.75 Å². The largest absolute Gasteiger partial charge is 0.497 e. The predicted octanol–water partition coefficient (Wildman–Crippen LogP) is 3.26. The summed E-state index contributed by atoms with van der Waals surface area (Å²) in [6.07, 6.45) is 1.54. The van der Waals surface area contributed by atoms with Crippen LogP contribution < -0.4 is 10.1 Å². The van der Waals surface area contributed by atoms with Gasteiger partial charge in [-0.3, -0.25) is 4.79 Å². The Morgan fingerprint density at radius 2 is 1.84 bits per heavy atom. The Kier molecular flexibility index (Phi) is 4.79. The molecule has 1 heterocycles. The van der Waals surface area contributed by atoms with Crippen LogP contribution in [0.15, 0.2) is 54.7 Å². The molecule has 0 aliphatic carbocycles. The molecule has 0 fully saturated rings. The fraction of sp³-hybridized carbons (Fsp3) is 0.158. The van der Waals surface area contributed by atoms with Crippen molar-refractivity contribution in [2.45, 2.75) is 13.5 Å². The van der Waals surface area contributed by atoms with E-state index in [1.165, 1.54) is 12.1 Å². The minimum Gasteiger partial charge on any atom is -0.497 e. The number of halogens is 1. The lowest BCUT2D eigenvalue weighted by Crippen LogP contribution is -2.23. The van der Waals surface area contributed by atoms with Gasteiger partial charge < -0.3 is 10.1 Å². The normalized spacial score (nSPS) is 10.5. The molecule has 0 saturated heterocycles. The molecule has 0 atom stereocenters. The van der Waals surface area contributed by atoms with Gasteiger partial charge in [-0.15, -0.1) is 0 Å². The van der Waals surface area contributed by atoms with Gasteiger partial charge in [-0.1, -0.05) is 12.1 Å². The van der Waals surface area contributed by atoms with Gasteiger partial charge in [0, 0.05) is 6.54 Å². The molecule has 0 saturated carbocycles. The number of aromatic nitrogens is 2. The first-order chi connectivity index (χ1) is 12.1. The number of carbonyl (C=O) groups is 1. The zero-order chi connectivity index (χ0) is 17.8. The van der Waals surface area contributed by atoms with Crippen LogP contribution >= 0.6 is 0 Å². The van der Waals surface area contributed by atoms with Gasteiger partial charge in [-0.05, 0) is 48.9 Å².